The van der Waals surface area contributed by atoms with Crippen LogP contribution < -0.4 is 0 Å². The highest BCUT2D eigenvalue weighted by Crippen LogP contribution is 2.46. The molecule has 29 heavy (non-hydrogen) atoms. The fourth-order valence-corrected chi connectivity index (χ4v) is 4.33. The van der Waals surface area contributed by atoms with Crippen LogP contribution in [0.15, 0.2) is 114 Å². The van der Waals surface area contributed by atoms with Gasteiger partial charge in [-0.3, -0.25) is 0 Å². The zero-order valence-electron chi connectivity index (χ0n) is 15.5. The van der Waals surface area contributed by atoms with Crippen molar-refractivity contribution in [1.82, 2.24) is 0 Å². The molecule has 0 fully saturated rings. The van der Waals surface area contributed by atoms with Crippen LogP contribution in [0.25, 0.3) is 0 Å². The molecule has 0 amide bonds. The summed E-state index contributed by atoms with van der Waals surface area (Å²) >= 11 is -2.22. The Morgan fingerprint density at radius 2 is 1.07 bits per heavy atom. The first-order valence-corrected chi connectivity index (χ1v) is 10.3. The molecular weight excluding hydrogens is 383 g/mol. The minimum Gasteiger partial charge on any atom is -0.302 e. The van der Waals surface area contributed by atoms with Crippen molar-refractivity contribution in [2.45, 2.75) is 10.3 Å². The Hall–Kier alpha value is -3.08. The van der Waals surface area contributed by atoms with Crippen LogP contribution >= 0.6 is 0 Å². The highest BCUT2D eigenvalue weighted by Gasteiger charge is 2.40. The Morgan fingerprint density at radius 3 is 1.45 bits per heavy atom. The lowest BCUT2D eigenvalue weighted by Crippen LogP contribution is -2.32. The smallest absolute Gasteiger partial charge is 0.186 e. The van der Waals surface area contributed by atoms with Gasteiger partial charge >= 0.3 is 0 Å². The normalized spacial score (nSPS) is 12.5. The third-order valence-electron chi connectivity index (χ3n) is 5.16. The predicted molar refractivity (Wildman–Crippen MR) is 114 cm³/mol. The third-order valence-corrected chi connectivity index (χ3v) is 5.82. The van der Waals surface area contributed by atoms with Gasteiger partial charge in [0.25, 0.3) is 0 Å². The molecule has 0 saturated heterocycles. The van der Waals surface area contributed by atoms with Gasteiger partial charge in [0.1, 0.15) is 5.82 Å². The minimum atomic E-state index is -2.22. The van der Waals surface area contributed by atoms with Gasteiger partial charge in [0.05, 0.1) is 10.3 Å². The number of halogens is 1. The second-order valence-electron chi connectivity index (χ2n) is 6.74. The standard InChI is InChI=1S/C25H19FO2S/c26-24-17-16-22(29(27)28)18-23(24)25(19-10-4-1-5-11-19,20-12-6-2-7-13-20)21-14-8-3-9-15-21/h1-18H,(H,27,28). The molecule has 4 rings (SSSR count). The maximum atomic E-state index is 15.4. The zero-order chi connectivity index (χ0) is 20.3. The summed E-state index contributed by atoms with van der Waals surface area (Å²) in [6.07, 6.45) is 0. The highest BCUT2D eigenvalue weighted by molar-refractivity contribution is 7.79. The molecule has 0 radical (unpaired) electrons. The molecule has 4 heteroatoms. The van der Waals surface area contributed by atoms with Crippen molar-refractivity contribution < 1.29 is 13.2 Å². The van der Waals surface area contributed by atoms with Crippen LogP contribution in [-0.4, -0.2) is 8.76 Å². The van der Waals surface area contributed by atoms with Crippen LogP contribution in [0.5, 0.6) is 0 Å². The lowest BCUT2D eigenvalue weighted by Gasteiger charge is -2.37. The first-order chi connectivity index (χ1) is 14.1. The Kier molecular flexibility index (Phi) is 5.38. The van der Waals surface area contributed by atoms with Crippen molar-refractivity contribution in [3.63, 3.8) is 0 Å². The van der Waals surface area contributed by atoms with Gasteiger partial charge in [-0.2, -0.15) is 0 Å². The predicted octanol–water partition coefficient (Wildman–Crippen LogP) is 5.79. The summed E-state index contributed by atoms with van der Waals surface area (Å²) in [7, 11) is 0. The molecule has 0 aromatic heterocycles. The Bertz CT molecular complexity index is 1030. The summed E-state index contributed by atoms with van der Waals surface area (Å²) in [6, 6.07) is 33.1. The number of hydrogen-bond donors (Lipinski definition) is 1. The van der Waals surface area contributed by atoms with E-state index in [0.717, 1.165) is 16.7 Å². The third kappa shape index (κ3) is 3.41. The largest absolute Gasteiger partial charge is 0.302 e. The van der Waals surface area contributed by atoms with E-state index in [9.17, 15) is 8.76 Å². The summed E-state index contributed by atoms with van der Waals surface area (Å²) in [6.45, 7) is 0. The van der Waals surface area contributed by atoms with Gasteiger partial charge in [-0.25, -0.2) is 8.60 Å². The topological polar surface area (TPSA) is 37.3 Å². The van der Waals surface area contributed by atoms with Crippen molar-refractivity contribution in [2.24, 2.45) is 0 Å². The second kappa shape index (κ2) is 8.11. The van der Waals surface area contributed by atoms with Crippen molar-refractivity contribution in [2.75, 3.05) is 0 Å². The maximum Gasteiger partial charge on any atom is 0.186 e. The van der Waals surface area contributed by atoms with Gasteiger partial charge in [0.2, 0.25) is 0 Å². The van der Waals surface area contributed by atoms with E-state index in [0.29, 0.717) is 5.56 Å². The lowest BCUT2D eigenvalue weighted by molar-refractivity contribution is 0.559. The van der Waals surface area contributed by atoms with Crippen LogP contribution in [0.2, 0.25) is 0 Å². The van der Waals surface area contributed by atoms with E-state index in [2.05, 4.69) is 0 Å². The molecule has 4 aromatic rings. The second-order valence-corrected chi connectivity index (χ2v) is 7.71. The van der Waals surface area contributed by atoms with Crippen LogP contribution in [0.3, 0.4) is 0 Å². The molecule has 0 aliphatic rings. The number of hydrogen-bond acceptors (Lipinski definition) is 1. The van der Waals surface area contributed by atoms with E-state index in [1.165, 1.54) is 18.2 Å². The van der Waals surface area contributed by atoms with E-state index in [4.69, 9.17) is 0 Å². The highest BCUT2D eigenvalue weighted by atomic mass is 32.2. The Balaban J connectivity index is 2.18. The van der Waals surface area contributed by atoms with Gasteiger partial charge in [-0.1, -0.05) is 91.0 Å². The van der Waals surface area contributed by atoms with Crippen LogP contribution in [-0.2, 0) is 16.5 Å². The molecule has 0 heterocycles. The summed E-state index contributed by atoms with van der Waals surface area (Å²) in [5.41, 5.74) is 1.97. The molecule has 1 N–H and O–H groups in total. The fraction of sp³-hybridized carbons (Fsp3) is 0.0400. The van der Waals surface area contributed by atoms with Crippen molar-refractivity contribution >= 4 is 11.1 Å². The molecule has 0 bridgehead atoms. The van der Waals surface area contributed by atoms with E-state index in [1.54, 1.807) is 0 Å². The fourth-order valence-electron chi connectivity index (χ4n) is 3.93. The summed E-state index contributed by atoms with van der Waals surface area (Å²) in [5, 5.41) is 0. The molecule has 2 nitrogen and oxygen atoms in total. The van der Waals surface area contributed by atoms with E-state index < -0.39 is 22.3 Å². The SMILES string of the molecule is O=S(O)c1ccc(F)c(C(c2ccccc2)(c2ccccc2)c2ccccc2)c1. The number of benzene rings is 4. The molecule has 4 aromatic carbocycles. The molecule has 1 atom stereocenters. The lowest BCUT2D eigenvalue weighted by atomic mass is 9.65. The molecule has 0 spiro atoms. The summed E-state index contributed by atoms with van der Waals surface area (Å²) in [5.74, 6) is -0.434. The van der Waals surface area contributed by atoms with Gasteiger partial charge in [-0.05, 0) is 34.9 Å². The first kappa shape index (κ1) is 19.2. The average Bonchev–Trinajstić information content (AvgIpc) is 2.77. The Morgan fingerprint density at radius 1 is 0.655 bits per heavy atom. The molecule has 144 valence electrons. The molecule has 0 aliphatic heterocycles. The van der Waals surface area contributed by atoms with Crippen molar-refractivity contribution in [3.05, 3.63) is 137 Å². The first-order valence-electron chi connectivity index (χ1n) is 9.21. The van der Waals surface area contributed by atoms with E-state index in [1.807, 2.05) is 91.0 Å². The van der Waals surface area contributed by atoms with Gasteiger partial charge in [-0.15, -0.1) is 0 Å². The number of rotatable bonds is 5. The zero-order valence-corrected chi connectivity index (χ0v) is 16.4. The summed E-state index contributed by atoms with van der Waals surface area (Å²) in [4.78, 5) is 0.161. The maximum absolute atomic E-state index is 15.4. The molecule has 0 saturated carbocycles. The van der Waals surface area contributed by atoms with Crippen LogP contribution in [0, 0.1) is 5.82 Å². The van der Waals surface area contributed by atoms with E-state index >= 15 is 4.39 Å². The van der Waals surface area contributed by atoms with Crippen LogP contribution in [0.4, 0.5) is 4.39 Å². The van der Waals surface area contributed by atoms with E-state index in [-0.39, 0.29) is 4.90 Å². The minimum absolute atomic E-state index is 0.161. The molecular formula is C25H19FO2S. The molecule has 0 aliphatic carbocycles. The van der Waals surface area contributed by atoms with Crippen molar-refractivity contribution in [3.8, 4) is 0 Å². The molecule has 1 unspecified atom stereocenters. The van der Waals surface area contributed by atoms with Gasteiger partial charge in [0.15, 0.2) is 11.1 Å². The quantitative estimate of drug-likeness (QED) is 0.339. The average molecular weight is 402 g/mol. The monoisotopic (exact) mass is 402 g/mol. The Labute approximate surface area is 172 Å². The van der Waals surface area contributed by atoms with Gasteiger partial charge in [0, 0.05) is 5.56 Å². The summed E-state index contributed by atoms with van der Waals surface area (Å²) < 4.78 is 36.9. The van der Waals surface area contributed by atoms with Crippen LogP contribution in [0.1, 0.15) is 22.3 Å². The van der Waals surface area contributed by atoms with Crippen molar-refractivity contribution in [1.29, 1.82) is 0 Å². The van der Waals surface area contributed by atoms with Gasteiger partial charge < -0.3 is 4.55 Å².